The van der Waals surface area contributed by atoms with Gasteiger partial charge in [0.25, 0.3) is 0 Å². The molecule has 96 heavy (non-hydrogen) atoms. The molecule has 19 heteroatoms. The lowest BCUT2D eigenvalue weighted by Crippen LogP contribution is -2.30. The van der Waals surface area contributed by atoms with Gasteiger partial charge >= 0.3 is 39.5 Å². The highest BCUT2D eigenvalue weighted by Crippen LogP contribution is 2.45. The zero-order valence-electron chi connectivity index (χ0n) is 60.5. The van der Waals surface area contributed by atoms with Crippen molar-refractivity contribution in [3.63, 3.8) is 0 Å². The van der Waals surface area contributed by atoms with E-state index in [1.54, 1.807) is 0 Å². The van der Waals surface area contributed by atoms with Crippen LogP contribution in [0.25, 0.3) is 0 Å². The van der Waals surface area contributed by atoms with Gasteiger partial charge in [-0.3, -0.25) is 37.3 Å². The van der Waals surface area contributed by atoms with Gasteiger partial charge in [-0.1, -0.05) is 267 Å². The van der Waals surface area contributed by atoms with Crippen molar-refractivity contribution in [2.75, 3.05) is 39.6 Å². The molecule has 0 heterocycles. The van der Waals surface area contributed by atoms with Crippen LogP contribution in [0, 0.1) is 0 Å². The van der Waals surface area contributed by atoms with Gasteiger partial charge in [-0.25, -0.2) is 9.13 Å². The summed E-state index contributed by atoms with van der Waals surface area (Å²) in [7, 11) is -9.95. The first-order chi connectivity index (χ1) is 46.7. The molecular formula is C77H136O17P2. The Morgan fingerprint density at radius 2 is 0.552 bits per heavy atom. The standard InChI is InChI=1S/C77H136O17P2/c1-5-9-13-17-21-25-29-32-33-34-35-36-37-40-43-46-50-54-58-62-75(80)88-68-73(94-77(82)64-60-56-52-48-44-39-31-27-23-19-15-11-7-3)70-92-96(85,86)90-66-71(78)65-89-95(83,84)91-69-72(93-76(81)63-59-55-51-47-41-28-24-20-16-12-8-4)67-87-74(79)61-57-53-49-45-42-38-30-26-22-18-14-10-6-2/h9,13,20-21,24-25,27,31-33,35-36,40,43,71-73,78H,5-8,10-12,14-19,22-23,26,28-30,34,37-39,41-42,44-70H2,1-4H3,(H,83,84)(H,85,86)/b13-9-,24-20-,25-21-,31-27-,33-32-,36-35-,43-40-. The average Bonchev–Trinajstić information content (AvgIpc) is 1.17. The van der Waals surface area contributed by atoms with E-state index >= 15 is 0 Å². The van der Waals surface area contributed by atoms with Gasteiger partial charge in [-0.15, -0.1) is 0 Å². The Kier molecular flexibility index (Phi) is 67.0. The maximum Gasteiger partial charge on any atom is 0.472 e. The molecule has 0 bridgehead atoms. The molecule has 0 aromatic heterocycles. The number of carbonyl (C=O) groups is 4. The number of allylic oxidation sites excluding steroid dienone is 14. The second kappa shape index (κ2) is 69.7. The molecule has 5 unspecified atom stereocenters. The third kappa shape index (κ3) is 68.8. The van der Waals surface area contributed by atoms with Crippen molar-refractivity contribution in [1.82, 2.24) is 0 Å². The Morgan fingerprint density at radius 3 is 0.896 bits per heavy atom. The van der Waals surface area contributed by atoms with Crippen molar-refractivity contribution < 1.29 is 80.2 Å². The first kappa shape index (κ1) is 92.2. The Bertz CT molecular complexity index is 2160. The lowest BCUT2D eigenvalue weighted by atomic mass is 10.0. The smallest absolute Gasteiger partial charge is 0.462 e. The Balaban J connectivity index is 5.33. The molecule has 17 nitrogen and oxygen atoms in total. The quantitative estimate of drug-likeness (QED) is 0.0169. The maximum atomic E-state index is 13.1. The van der Waals surface area contributed by atoms with Gasteiger partial charge in [0.05, 0.1) is 26.4 Å². The molecule has 0 aromatic rings. The van der Waals surface area contributed by atoms with Gasteiger partial charge in [-0.05, 0) is 116 Å². The molecule has 556 valence electrons. The molecule has 0 aliphatic heterocycles. The summed E-state index contributed by atoms with van der Waals surface area (Å²) >= 11 is 0. The Morgan fingerprint density at radius 1 is 0.302 bits per heavy atom. The molecule has 0 aliphatic carbocycles. The number of aliphatic hydroxyl groups excluding tert-OH is 1. The lowest BCUT2D eigenvalue weighted by Gasteiger charge is -2.21. The normalized spacial score (nSPS) is 14.4. The first-order valence-corrected chi connectivity index (χ1v) is 40.8. The minimum Gasteiger partial charge on any atom is -0.462 e. The van der Waals surface area contributed by atoms with E-state index in [2.05, 4.69) is 113 Å². The number of esters is 4. The highest BCUT2D eigenvalue weighted by Gasteiger charge is 2.30. The number of aliphatic hydroxyl groups is 1. The summed E-state index contributed by atoms with van der Waals surface area (Å²) in [6.07, 6.45) is 70.1. The maximum absolute atomic E-state index is 13.1. The fraction of sp³-hybridized carbons (Fsp3) is 0.766. The van der Waals surface area contributed by atoms with E-state index in [9.17, 15) is 43.2 Å². The molecule has 0 rings (SSSR count). The molecule has 0 aromatic carbocycles. The van der Waals surface area contributed by atoms with Crippen LogP contribution in [0.2, 0.25) is 0 Å². The second-order valence-electron chi connectivity index (χ2n) is 25.2. The fourth-order valence-electron chi connectivity index (χ4n) is 10.0. The van der Waals surface area contributed by atoms with Crippen LogP contribution in [-0.2, 0) is 65.4 Å². The van der Waals surface area contributed by atoms with Crippen LogP contribution >= 0.6 is 15.6 Å². The summed E-state index contributed by atoms with van der Waals surface area (Å²) in [5.74, 6) is -2.21. The lowest BCUT2D eigenvalue weighted by molar-refractivity contribution is -0.161. The van der Waals surface area contributed by atoms with Crippen LogP contribution in [0.5, 0.6) is 0 Å². The molecule has 0 saturated carbocycles. The summed E-state index contributed by atoms with van der Waals surface area (Å²) in [6, 6.07) is 0. The monoisotopic (exact) mass is 1390 g/mol. The number of ether oxygens (including phenoxy) is 4. The number of phosphoric acid groups is 2. The molecule has 0 aliphatic rings. The number of carbonyl (C=O) groups excluding carboxylic acids is 4. The molecular weight excluding hydrogens is 1260 g/mol. The van der Waals surface area contributed by atoms with Crippen molar-refractivity contribution in [3.8, 4) is 0 Å². The minimum absolute atomic E-state index is 0.0781. The van der Waals surface area contributed by atoms with E-state index in [0.717, 1.165) is 148 Å². The predicted octanol–water partition coefficient (Wildman–Crippen LogP) is 21.4. The molecule has 0 fully saturated rings. The topological polar surface area (TPSA) is 237 Å². The predicted molar refractivity (Wildman–Crippen MR) is 390 cm³/mol. The van der Waals surface area contributed by atoms with Gasteiger partial charge in [-0.2, -0.15) is 0 Å². The largest absolute Gasteiger partial charge is 0.472 e. The average molecular weight is 1400 g/mol. The Labute approximate surface area is 583 Å². The van der Waals surface area contributed by atoms with Crippen molar-refractivity contribution in [2.45, 2.75) is 341 Å². The van der Waals surface area contributed by atoms with Gasteiger partial charge in [0.2, 0.25) is 0 Å². The number of phosphoric ester groups is 2. The van der Waals surface area contributed by atoms with Crippen LogP contribution < -0.4 is 0 Å². The summed E-state index contributed by atoms with van der Waals surface area (Å²) in [5.41, 5.74) is 0. The highest BCUT2D eigenvalue weighted by atomic mass is 31.2. The van der Waals surface area contributed by atoms with E-state index in [0.29, 0.717) is 25.7 Å². The summed E-state index contributed by atoms with van der Waals surface area (Å²) < 4.78 is 68.3. The molecule has 0 amide bonds. The van der Waals surface area contributed by atoms with Gasteiger partial charge in [0.1, 0.15) is 19.3 Å². The Hall–Kier alpha value is -3.76. The third-order valence-electron chi connectivity index (χ3n) is 15.8. The number of rotatable bonds is 71. The number of hydrogen-bond donors (Lipinski definition) is 3. The first-order valence-electron chi connectivity index (χ1n) is 37.8. The molecule has 3 N–H and O–H groups in total. The van der Waals surface area contributed by atoms with Crippen molar-refractivity contribution >= 4 is 39.5 Å². The molecule has 5 atom stereocenters. The second-order valence-corrected chi connectivity index (χ2v) is 28.1. The van der Waals surface area contributed by atoms with Crippen molar-refractivity contribution in [1.29, 1.82) is 0 Å². The zero-order chi connectivity index (χ0) is 70.4. The summed E-state index contributed by atoms with van der Waals surface area (Å²) in [5, 5.41) is 10.6. The van der Waals surface area contributed by atoms with E-state index in [-0.39, 0.29) is 25.7 Å². The van der Waals surface area contributed by atoms with Crippen LogP contribution in [-0.4, -0.2) is 96.7 Å². The summed E-state index contributed by atoms with van der Waals surface area (Å²) in [6.45, 7) is 4.67. The molecule has 0 saturated heterocycles. The fourth-order valence-corrected chi connectivity index (χ4v) is 11.6. The van der Waals surface area contributed by atoms with Gasteiger partial charge in [0.15, 0.2) is 12.2 Å². The van der Waals surface area contributed by atoms with E-state index in [4.69, 9.17) is 37.0 Å². The van der Waals surface area contributed by atoms with Crippen molar-refractivity contribution in [2.24, 2.45) is 0 Å². The van der Waals surface area contributed by atoms with Crippen LogP contribution in [0.1, 0.15) is 323 Å². The highest BCUT2D eigenvalue weighted by molar-refractivity contribution is 7.47. The summed E-state index contributed by atoms with van der Waals surface area (Å²) in [4.78, 5) is 72.7. The van der Waals surface area contributed by atoms with Gasteiger partial charge < -0.3 is 33.8 Å². The van der Waals surface area contributed by atoms with Crippen LogP contribution in [0.3, 0.4) is 0 Å². The van der Waals surface area contributed by atoms with E-state index < -0.39 is 97.5 Å². The number of unbranched alkanes of at least 4 members (excludes halogenated alkanes) is 31. The zero-order valence-corrected chi connectivity index (χ0v) is 62.3. The van der Waals surface area contributed by atoms with E-state index in [1.807, 2.05) is 0 Å². The SMILES string of the molecule is CC/C=C\C/C=C\C/C=C\C/C=C\C/C=C\CCCCCC(=O)OCC(COP(=O)(O)OCC(O)COP(=O)(O)OCC(COC(=O)CCCCCCCCCCCCCCC)OC(=O)CCCCCCC/C=C\CCCC)OC(=O)CCCCCCC/C=C\CCCCCC. The van der Waals surface area contributed by atoms with Crippen LogP contribution in [0.4, 0.5) is 0 Å². The third-order valence-corrected chi connectivity index (χ3v) is 17.7. The van der Waals surface area contributed by atoms with Gasteiger partial charge in [0, 0.05) is 25.7 Å². The minimum atomic E-state index is -4.98. The van der Waals surface area contributed by atoms with Crippen LogP contribution in [0.15, 0.2) is 85.1 Å². The van der Waals surface area contributed by atoms with E-state index in [1.165, 1.54) is 96.3 Å². The molecule has 0 radical (unpaired) electrons. The number of hydrogen-bond acceptors (Lipinski definition) is 15. The molecule has 0 spiro atoms. The van der Waals surface area contributed by atoms with Crippen molar-refractivity contribution in [3.05, 3.63) is 85.1 Å².